The number of rotatable bonds is 4. The Morgan fingerprint density at radius 2 is 1.36 bits per heavy atom. The molecule has 0 radical (unpaired) electrons. The van der Waals surface area contributed by atoms with Crippen LogP contribution < -0.4 is 5.32 Å². The van der Waals surface area contributed by atoms with Crippen LogP contribution in [-0.4, -0.2) is 24.3 Å². The number of nitrogens with one attached hydrogen (secondary N) is 1. The van der Waals surface area contributed by atoms with Crippen molar-refractivity contribution in [3.63, 3.8) is 0 Å². The van der Waals surface area contributed by atoms with E-state index in [2.05, 4.69) is 109 Å². The molecular formula is C30H22N6. The van der Waals surface area contributed by atoms with E-state index in [0.29, 0.717) is 0 Å². The maximum absolute atomic E-state index is 4.60. The van der Waals surface area contributed by atoms with Crippen LogP contribution in [0.1, 0.15) is 6.17 Å². The van der Waals surface area contributed by atoms with Gasteiger partial charge >= 0.3 is 0 Å². The molecule has 0 spiro atoms. The molecule has 7 rings (SSSR count). The van der Waals surface area contributed by atoms with Crippen molar-refractivity contribution in [2.75, 3.05) is 0 Å². The molecular weight excluding hydrogens is 444 g/mol. The largest absolute Gasteiger partial charge is 0.368 e. The van der Waals surface area contributed by atoms with Crippen LogP contribution in [0.25, 0.3) is 50.4 Å². The first kappa shape index (κ1) is 20.4. The monoisotopic (exact) mass is 466 g/mol. The van der Waals surface area contributed by atoms with Crippen LogP contribution in [0.3, 0.4) is 0 Å². The number of dihydropyridines is 1. The fourth-order valence-corrected chi connectivity index (χ4v) is 4.98. The number of nitrogens with zero attached hydrogens (tertiary/aromatic N) is 5. The Balaban J connectivity index is 1.36. The van der Waals surface area contributed by atoms with Gasteiger partial charge in [0.05, 0.1) is 11.0 Å². The van der Waals surface area contributed by atoms with Gasteiger partial charge in [0.2, 0.25) is 0 Å². The average molecular weight is 467 g/mol. The van der Waals surface area contributed by atoms with Crippen molar-refractivity contribution in [2.24, 2.45) is 0 Å². The van der Waals surface area contributed by atoms with Crippen molar-refractivity contribution in [2.45, 2.75) is 6.17 Å². The second-order valence-corrected chi connectivity index (χ2v) is 8.70. The molecule has 1 aliphatic rings. The molecule has 0 fully saturated rings. The first-order chi connectivity index (χ1) is 17.9. The van der Waals surface area contributed by atoms with Crippen molar-refractivity contribution in [3.05, 3.63) is 122 Å². The summed E-state index contributed by atoms with van der Waals surface area (Å²) in [6.45, 7) is 0. The molecule has 6 heteroatoms. The number of para-hydroxylation sites is 2. The van der Waals surface area contributed by atoms with Crippen LogP contribution in [0.5, 0.6) is 0 Å². The van der Waals surface area contributed by atoms with Crippen molar-refractivity contribution >= 4 is 21.8 Å². The fourth-order valence-electron chi connectivity index (χ4n) is 4.98. The summed E-state index contributed by atoms with van der Waals surface area (Å²) in [7, 11) is 0. The molecule has 1 N–H and O–H groups in total. The second kappa shape index (κ2) is 8.36. The Labute approximate surface area is 207 Å². The van der Waals surface area contributed by atoms with E-state index >= 15 is 0 Å². The predicted octanol–water partition coefficient (Wildman–Crippen LogP) is 6.28. The third-order valence-corrected chi connectivity index (χ3v) is 6.60. The van der Waals surface area contributed by atoms with Gasteiger partial charge in [0, 0.05) is 28.2 Å². The van der Waals surface area contributed by atoms with Crippen LogP contribution in [0, 0.1) is 0 Å². The highest BCUT2D eigenvalue weighted by Crippen LogP contribution is 2.33. The summed E-state index contributed by atoms with van der Waals surface area (Å²) in [6.07, 6.45) is 9.68. The van der Waals surface area contributed by atoms with Gasteiger partial charge in [0.15, 0.2) is 11.6 Å². The summed E-state index contributed by atoms with van der Waals surface area (Å²) in [5, 5.41) is 15.0. The molecule has 4 heterocycles. The third-order valence-electron chi connectivity index (χ3n) is 6.60. The minimum absolute atomic E-state index is 0.117. The van der Waals surface area contributed by atoms with Crippen molar-refractivity contribution in [1.29, 1.82) is 0 Å². The van der Waals surface area contributed by atoms with Crippen LogP contribution in [0.15, 0.2) is 122 Å². The molecule has 6 aromatic rings. The molecule has 0 amide bonds. The van der Waals surface area contributed by atoms with Crippen molar-refractivity contribution in [1.82, 2.24) is 29.6 Å². The number of allylic oxidation sites excluding steroid dienone is 2. The van der Waals surface area contributed by atoms with E-state index in [9.17, 15) is 0 Å². The molecule has 3 aromatic carbocycles. The molecule has 0 saturated heterocycles. The van der Waals surface area contributed by atoms with Gasteiger partial charge < -0.3 is 9.88 Å². The number of hydrogen-bond acceptors (Lipinski definition) is 4. The normalized spacial score (nSPS) is 14.9. The van der Waals surface area contributed by atoms with E-state index in [1.165, 1.54) is 21.8 Å². The predicted molar refractivity (Wildman–Crippen MR) is 143 cm³/mol. The van der Waals surface area contributed by atoms with Crippen LogP contribution in [-0.2, 0) is 0 Å². The Morgan fingerprint density at radius 3 is 2.03 bits per heavy atom. The van der Waals surface area contributed by atoms with Gasteiger partial charge in [-0.05, 0) is 66.9 Å². The number of hydrogen-bond donors (Lipinski definition) is 1. The summed E-state index contributed by atoms with van der Waals surface area (Å²) < 4.78 is 4.41. The molecule has 1 atom stereocenters. The lowest BCUT2D eigenvalue weighted by Gasteiger charge is -2.21. The number of pyridine rings is 1. The minimum atomic E-state index is -0.117. The molecule has 3 aromatic heterocycles. The standard InChI is InChI=1S/C30H22N6/c1-3-12-26-23(9-1)24-10-2-4-13-27(24)35(26)22-17-15-21(16-18-22)29-33-34-30(25-11-5-7-19-31-25)36(29)28-14-6-8-20-32-28/h1-20,28,32H. The maximum atomic E-state index is 4.60. The molecule has 1 aliphatic heterocycles. The van der Waals surface area contributed by atoms with E-state index in [0.717, 1.165) is 28.6 Å². The zero-order chi connectivity index (χ0) is 23.9. The Hall–Kier alpha value is -4.97. The first-order valence-corrected chi connectivity index (χ1v) is 11.9. The van der Waals surface area contributed by atoms with E-state index in [-0.39, 0.29) is 6.17 Å². The zero-order valence-electron chi connectivity index (χ0n) is 19.4. The molecule has 0 aliphatic carbocycles. The van der Waals surface area contributed by atoms with E-state index in [4.69, 9.17) is 0 Å². The van der Waals surface area contributed by atoms with Crippen molar-refractivity contribution < 1.29 is 0 Å². The Bertz CT molecular complexity index is 1700. The first-order valence-electron chi connectivity index (χ1n) is 11.9. The molecule has 36 heavy (non-hydrogen) atoms. The van der Waals surface area contributed by atoms with Gasteiger partial charge in [-0.25, -0.2) is 0 Å². The smallest absolute Gasteiger partial charge is 0.184 e. The van der Waals surface area contributed by atoms with E-state index in [1.54, 1.807) is 6.20 Å². The highest BCUT2D eigenvalue weighted by atomic mass is 15.3. The topological polar surface area (TPSA) is 60.6 Å². The molecule has 0 saturated carbocycles. The van der Waals surface area contributed by atoms with E-state index < -0.39 is 0 Å². The van der Waals surface area contributed by atoms with Crippen LogP contribution in [0.2, 0.25) is 0 Å². The van der Waals surface area contributed by atoms with Crippen LogP contribution >= 0.6 is 0 Å². The SMILES string of the molecule is C1=CNC(n2c(-c3ccc(-n4c5ccccc5c5ccccc54)cc3)nnc2-c2ccccn2)C=C1. The molecule has 172 valence electrons. The summed E-state index contributed by atoms with van der Waals surface area (Å²) in [6, 6.07) is 31.4. The average Bonchev–Trinajstić information content (AvgIpc) is 3.54. The lowest BCUT2D eigenvalue weighted by Crippen LogP contribution is -2.23. The summed E-state index contributed by atoms with van der Waals surface area (Å²) >= 11 is 0. The van der Waals surface area contributed by atoms with Gasteiger partial charge in [0.25, 0.3) is 0 Å². The summed E-state index contributed by atoms with van der Waals surface area (Å²) in [4.78, 5) is 4.52. The number of aromatic nitrogens is 5. The quantitative estimate of drug-likeness (QED) is 0.332. The van der Waals surface area contributed by atoms with Gasteiger partial charge in [-0.2, -0.15) is 0 Å². The molecule has 0 bridgehead atoms. The van der Waals surface area contributed by atoms with Gasteiger partial charge in [0.1, 0.15) is 11.9 Å². The lowest BCUT2D eigenvalue weighted by atomic mass is 10.1. The number of benzene rings is 3. The van der Waals surface area contributed by atoms with Gasteiger partial charge in [-0.3, -0.25) is 9.55 Å². The molecule has 1 unspecified atom stereocenters. The summed E-state index contributed by atoms with van der Waals surface area (Å²) in [5.74, 6) is 1.50. The van der Waals surface area contributed by atoms with Crippen molar-refractivity contribution in [3.8, 4) is 28.6 Å². The summed E-state index contributed by atoms with van der Waals surface area (Å²) in [5.41, 5.74) is 5.25. The fraction of sp³-hybridized carbons (Fsp3) is 0.0333. The molecule has 6 nitrogen and oxygen atoms in total. The third kappa shape index (κ3) is 3.23. The Kier molecular flexibility index (Phi) is 4.74. The second-order valence-electron chi connectivity index (χ2n) is 8.70. The zero-order valence-corrected chi connectivity index (χ0v) is 19.4. The minimum Gasteiger partial charge on any atom is -0.368 e. The van der Waals surface area contributed by atoms with Gasteiger partial charge in [-0.15, -0.1) is 10.2 Å². The number of fused-ring (bicyclic) bond motifs is 3. The highest BCUT2D eigenvalue weighted by Gasteiger charge is 2.22. The van der Waals surface area contributed by atoms with Crippen LogP contribution in [0.4, 0.5) is 0 Å². The van der Waals surface area contributed by atoms with Gasteiger partial charge in [-0.1, -0.05) is 48.5 Å². The Morgan fingerprint density at radius 1 is 0.667 bits per heavy atom. The highest BCUT2D eigenvalue weighted by molar-refractivity contribution is 6.09. The van der Waals surface area contributed by atoms with E-state index in [1.807, 2.05) is 36.6 Å². The lowest BCUT2D eigenvalue weighted by molar-refractivity contribution is 0.553. The maximum Gasteiger partial charge on any atom is 0.184 e.